The molecule has 1 aliphatic carbocycles. The van der Waals surface area contributed by atoms with Crippen molar-refractivity contribution >= 4 is 22.9 Å². The van der Waals surface area contributed by atoms with Gasteiger partial charge in [-0.2, -0.15) is 0 Å². The van der Waals surface area contributed by atoms with E-state index in [0.717, 1.165) is 5.69 Å². The van der Waals surface area contributed by atoms with E-state index < -0.39 is 0 Å². The highest BCUT2D eigenvalue weighted by atomic mass is 32.1. The molecule has 1 aromatic heterocycles. The van der Waals surface area contributed by atoms with Crippen LogP contribution in [0, 0.1) is 5.92 Å². The zero-order valence-electron chi connectivity index (χ0n) is 11.9. The Morgan fingerprint density at radius 1 is 1.19 bits per heavy atom. The number of carbonyl (C=O) groups is 1. The summed E-state index contributed by atoms with van der Waals surface area (Å²) in [7, 11) is 0. The molecule has 0 bridgehead atoms. The maximum absolute atomic E-state index is 11.1. The SMILES string of the molecule is NC(=O)c1ccc(NC(c2cccs2)C2CCCC2)cc1. The van der Waals surface area contributed by atoms with Crippen LogP contribution in [0.1, 0.15) is 47.0 Å². The van der Waals surface area contributed by atoms with Crippen LogP contribution < -0.4 is 11.1 Å². The molecule has 1 aliphatic rings. The molecule has 3 nitrogen and oxygen atoms in total. The molecule has 3 N–H and O–H groups in total. The van der Waals surface area contributed by atoms with Crippen molar-refractivity contribution in [3.05, 3.63) is 52.2 Å². The zero-order chi connectivity index (χ0) is 14.7. The minimum atomic E-state index is -0.382. The van der Waals surface area contributed by atoms with E-state index in [1.54, 1.807) is 12.1 Å². The van der Waals surface area contributed by atoms with Crippen molar-refractivity contribution < 1.29 is 4.79 Å². The second kappa shape index (κ2) is 6.31. The molecule has 1 aromatic carbocycles. The molecule has 1 unspecified atom stereocenters. The third-order valence-electron chi connectivity index (χ3n) is 4.21. The van der Waals surface area contributed by atoms with E-state index in [-0.39, 0.29) is 5.91 Å². The average molecular weight is 300 g/mol. The summed E-state index contributed by atoms with van der Waals surface area (Å²) in [5.74, 6) is 0.312. The molecule has 1 atom stereocenters. The van der Waals surface area contributed by atoms with E-state index in [1.165, 1.54) is 30.6 Å². The van der Waals surface area contributed by atoms with Gasteiger partial charge in [0.2, 0.25) is 5.91 Å². The van der Waals surface area contributed by atoms with Crippen LogP contribution >= 0.6 is 11.3 Å². The molecule has 3 rings (SSSR count). The molecule has 21 heavy (non-hydrogen) atoms. The molecule has 1 amide bonds. The van der Waals surface area contributed by atoms with Crippen molar-refractivity contribution in [3.8, 4) is 0 Å². The summed E-state index contributed by atoms with van der Waals surface area (Å²) in [6.07, 6.45) is 5.23. The number of thiophene rings is 1. The standard InChI is InChI=1S/C17H20N2OS/c18-17(20)13-7-9-14(10-8-13)19-16(12-4-1-2-5-12)15-6-3-11-21-15/h3,6-12,16,19H,1-2,4-5H2,(H2,18,20). The van der Waals surface area contributed by atoms with Crippen molar-refractivity contribution in [1.29, 1.82) is 0 Å². The Morgan fingerprint density at radius 3 is 2.48 bits per heavy atom. The Labute approximate surface area is 129 Å². The van der Waals surface area contributed by atoms with Crippen LogP contribution in [0.4, 0.5) is 5.69 Å². The number of nitrogens with two attached hydrogens (primary N) is 1. The van der Waals surface area contributed by atoms with Crippen molar-refractivity contribution in [2.24, 2.45) is 11.7 Å². The first kappa shape index (κ1) is 14.1. The van der Waals surface area contributed by atoms with Gasteiger partial charge >= 0.3 is 0 Å². The summed E-state index contributed by atoms with van der Waals surface area (Å²) in [5.41, 5.74) is 6.88. The summed E-state index contributed by atoms with van der Waals surface area (Å²) < 4.78 is 0. The molecular formula is C17H20N2OS. The molecule has 1 fully saturated rings. The average Bonchev–Trinajstić information content (AvgIpc) is 3.19. The molecule has 4 heteroatoms. The van der Waals surface area contributed by atoms with E-state index in [4.69, 9.17) is 5.73 Å². The molecule has 0 spiro atoms. The van der Waals surface area contributed by atoms with Gasteiger partial charge in [-0.1, -0.05) is 18.9 Å². The van der Waals surface area contributed by atoms with Crippen LogP contribution in [0.3, 0.4) is 0 Å². The number of carbonyl (C=O) groups excluding carboxylic acids is 1. The van der Waals surface area contributed by atoms with Crippen molar-refractivity contribution in [1.82, 2.24) is 0 Å². The van der Waals surface area contributed by atoms with Gasteiger partial charge in [0.15, 0.2) is 0 Å². The number of benzene rings is 1. The van der Waals surface area contributed by atoms with Crippen LogP contribution in [0.5, 0.6) is 0 Å². The van der Waals surface area contributed by atoms with Gasteiger partial charge in [-0.3, -0.25) is 4.79 Å². The van der Waals surface area contributed by atoms with Gasteiger partial charge in [0.25, 0.3) is 0 Å². The number of hydrogen-bond donors (Lipinski definition) is 2. The number of primary amides is 1. The maximum atomic E-state index is 11.1. The van der Waals surface area contributed by atoms with Gasteiger partial charge in [0.05, 0.1) is 6.04 Å². The van der Waals surface area contributed by atoms with Crippen LogP contribution in [0.15, 0.2) is 41.8 Å². The minimum absolute atomic E-state index is 0.368. The number of nitrogens with one attached hydrogen (secondary N) is 1. The number of hydrogen-bond acceptors (Lipinski definition) is 3. The van der Waals surface area contributed by atoms with Crippen LogP contribution in [0.2, 0.25) is 0 Å². The molecule has 0 aliphatic heterocycles. The fourth-order valence-electron chi connectivity index (χ4n) is 3.09. The van der Waals surface area contributed by atoms with Gasteiger partial charge in [0, 0.05) is 16.1 Å². The highest BCUT2D eigenvalue weighted by Crippen LogP contribution is 2.39. The summed E-state index contributed by atoms with van der Waals surface area (Å²) in [6, 6.07) is 12.1. The third-order valence-corrected chi connectivity index (χ3v) is 5.17. The van der Waals surface area contributed by atoms with E-state index >= 15 is 0 Å². The van der Waals surface area contributed by atoms with Gasteiger partial charge in [-0.25, -0.2) is 0 Å². The minimum Gasteiger partial charge on any atom is -0.377 e. The molecule has 1 heterocycles. The van der Waals surface area contributed by atoms with E-state index in [9.17, 15) is 4.79 Å². The van der Waals surface area contributed by atoms with Gasteiger partial charge in [-0.05, 0) is 54.5 Å². The largest absolute Gasteiger partial charge is 0.377 e. The second-order valence-corrected chi connectivity index (χ2v) is 6.60. The van der Waals surface area contributed by atoms with E-state index in [0.29, 0.717) is 17.5 Å². The lowest BCUT2D eigenvalue weighted by atomic mass is 9.96. The monoisotopic (exact) mass is 300 g/mol. The Bertz CT molecular complexity index is 586. The zero-order valence-corrected chi connectivity index (χ0v) is 12.7. The summed E-state index contributed by atoms with van der Waals surface area (Å²) >= 11 is 1.81. The molecule has 1 saturated carbocycles. The summed E-state index contributed by atoms with van der Waals surface area (Å²) in [5, 5.41) is 5.78. The van der Waals surface area contributed by atoms with Crippen LogP contribution in [0.25, 0.3) is 0 Å². The van der Waals surface area contributed by atoms with Crippen molar-refractivity contribution in [2.75, 3.05) is 5.32 Å². The van der Waals surface area contributed by atoms with E-state index in [1.807, 2.05) is 23.5 Å². The predicted molar refractivity (Wildman–Crippen MR) is 87.6 cm³/mol. The third kappa shape index (κ3) is 3.27. The van der Waals surface area contributed by atoms with E-state index in [2.05, 4.69) is 22.8 Å². The second-order valence-electron chi connectivity index (χ2n) is 5.62. The number of rotatable bonds is 5. The first-order valence-electron chi connectivity index (χ1n) is 7.44. The predicted octanol–water partition coefficient (Wildman–Crippen LogP) is 4.19. The molecule has 0 saturated heterocycles. The summed E-state index contributed by atoms with van der Waals surface area (Å²) in [4.78, 5) is 12.5. The highest BCUT2D eigenvalue weighted by molar-refractivity contribution is 7.10. The van der Waals surface area contributed by atoms with Crippen LogP contribution in [-0.4, -0.2) is 5.91 Å². The molecule has 110 valence electrons. The van der Waals surface area contributed by atoms with Crippen molar-refractivity contribution in [2.45, 2.75) is 31.7 Å². The summed E-state index contributed by atoms with van der Waals surface area (Å²) in [6.45, 7) is 0. The fraction of sp³-hybridized carbons (Fsp3) is 0.353. The Morgan fingerprint density at radius 2 is 1.90 bits per heavy atom. The fourth-order valence-corrected chi connectivity index (χ4v) is 3.96. The van der Waals surface area contributed by atoms with Crippen molar-refractivity contribution in [3.63, 3.8) is 0 Å². The highest BCUT2D eigenvalue weighted by Gasteiger charge is 2.26. The lowest BCUT2D eigenvalue weighted by Crippen LogP contribution is -2.18. The quantitative estimate of drug-likeness (QED) is 0.870. The van der Waals surface area contributed by atoms with Gasteiger partial charge in [0.1, 0.15) is 0 Å². The lowest BCUT2D eigenvalue weighted by Gasteiger charge is -2.25. The Kier molecular flexibility index (Phi) is 4.25. The first-order valence-corrected chi connectivity index (χ1v) is 8.32. The molecule has 0 radical (unpaired) electrons. The normalized spacial score (nSPS) is 16.8. The number of amides is 1. The Balaban J connectivity index is 1.79. The molecular weight excluding hydrogens is 280 g/mol. The van der Waals surface area contributed by atoms with Gasteiger partial charge < -0.3 is 11.1 Å². The number of anilines is 1. The lowest BCUT2D eigenvalue weighted by molar-refractivity contribution is 0.100. The topological polar surface area (TPSA) is 55.1 Å². The smallest absolute Gasteiger partial charge is 0.248 e. The van der Waals surface area contributed by atoms with Crippen LogP contribution in [-0.2, 0) is 0 Å². The molecule has 2 aromatic rings. The first-order chi connectivity index (χ1) is 10.2. The Hall–Kier alpha value is -1.81. The van der Waals surface area contributed by atoms with Gasteiger partial charge in [-0.15, -0.1) is 11.3 Å². The maximum Gasteiger partial charge on any atom is 0.248 e.